The van der Waals surface area contributed by atoms with Gasteiger partial charge in [-0.2, -0.15) is 0 Å². The lowest BCUT2D eigenvalue weighted by Gasteiger charge is -2.22. The van der Waals surface area contributed by atoms with E-state index in [1.54, 1.807) is 18.4 Å². The van der Waals surface area contributed by atoms with E-state index in [1.807, 2.05) is 50.2 Å². The average Bonchev–Trinajstić information content (AvgIpc) is 3.08. The smallest absolute Gasteiger partial charge is 0.258 e. The van der Waals surface area contributed by atoms with Gasteiger partial charge in [0.1, 0.15) is 17.3 Å². The van der Waals surface area contributed by atoms with E-state index in [4.69, 9.17) is 13.9 Å². The number of rotatable bonds is 9. The summed E-state index contributed by atoms with van der Waals surface area (Å²) < 4.78 is 16.3. The van der Waals surface area contributed by atoms with E-state index in [2.05, 4.69) is 5.32 Å². The third kappa shape index (κ3) is 5.31. The van der Waals surface area contributed by atoms with E-state index in [0.717, 1.165) is 11.5 Å². The van der Waals surface area contributed by atoms with Gasteiger partial charge in [-0.3, -0.25) is 9.69 Å². The minimum atomic E-state index is -0.178. The molecular weight excluding hydrogens is 308 g/mol. The van der Waals surface area contributed by atoms with E-state index in [-0.39, 0.29) is 18.6 Å². The van der Waals surface area contributed by atoms with Crippen LogP contribution in [-0.4, -0.2) is 44.7 Å². The molecule has 24 heavy (non-hydrogen) atoms. The molecular formula is C18H24N2O4. The number of hydrogen-bond donors (Lipinski definition) is 1. The molecule has 130 valence electrons. The Labute approximate surface area is 142 Å². The molecule has 1 amide bonds. The fourth-order valence-corrected chi connectivity index (χ4v) is 2.23. The van der Waals surface area contributed by atoms with Gasteiger partial charge >= 0.3 is 0 Å². The lowest BCUT2D eigenvalue weighted by atomic mass is 10.2. The lowest BCUT2D eigenvalue weighted by Crippen LogP contribution is -2.36. The number of benzene rings is 1. The quantitative estimate of drug-likeness (QED) is 0.764. The molecule has 2 aromatic rings. The molecule has 0 radical (unpaired) electrons. The Morgan fingerprint density at radius 1 is 1.17 bits per heavy atom. The van der Waals surface area contributed by atoms with Crippen molar-refractivity contribution in [2.24, 2.45) is 0 Å². The van der Waals surface area contributed by atoms with E-state index < -0.39 is 0 Å². The van der Waals surface area contributed by atoms with E-state index in [1.165, 1.54) is 0 Å². The Hall–Kier alpha value is -2.47. The molecule has 6 nitrogen and oxygen atoms in total. The van der Waals surface area contributed by atoms with Crippen molar-refractivity contribution in [2.75, 3.05) is 33.9 Å². The van der Waals surface area contributed by atoms with E-state index in [9.17, 15) is 4.79 Å². The normalized spacial score (nSPS) is 12.0. The minimum absolute atomic E-state index is 0.0190. The summed E-state index contributed by atoms with van der Waals surface area (Å²) >= 11 is 0. The van der Waals surface area contributed by atoms with Crippen LogP contribution in [-0.2, 0) is 4.79 Å². The molecule has 1 heterocycles. The van der Waals surface area contributed by atoms with Crippen molar-refractivity contribution in [3.05, 3.63) is 48.4 Å². The number of nitrogens with one attached hydrogen (secondary N) is 1. The lowest BCUT2D eigenvalue weighted by molar-refractivity contribution is -0.123. The maximum Gasteiger partial charge on any atom is 0.258 e. The zero-order chi connectivity index (χ0) is 17.4. The third-order valence-corrected chi connectivity index (χ3v) is 3.49. The Bertz CT molecular complexity index is 608. The second kappa shape index (κ2) is 8.98. The van der Waals surface area contributed by atoms with Gasteiger partial charge in [0.2, 0.25) is 0 Å². The summed E-state index contributed by atoms with van der Waals surface area (Å²) in [5.74, 6) is 2.04. The van der Waals surface area contributed by atoms with Crippen molar-refractivity contribution in [3.63, 3.8) is 0 Å². The summed E-state index contributed by atoms with van der Waals surface area (Å²) in [6.45, 7) is 2.96. The van der Waals surface area contributed by atoms with E-state index >= 15 is 0 Å². The van der Waals surface area contributed by atoms with Crippen LogP contribution in [0.2, 0.25) is 0 Å². The first-order chi connectivity index (χ1) is 11.6. The van der Waals surface area contributed by atoms with Crippen LogP contribution in [0.4, 0.5) is 0 Å². The molecule has 0 saturated heterocycles. The standard InChI is InChI=1S/C18H24N2O4/c1-4-22-14-7-9-15(10-8-14)24-13-18(21)19-12-16(20(2)3)17-6-5-11-23-17/h5-11,16H,4,12-13H2,1-3H3,(H,19,21). The van der Waals surface area contributed by atoms with Crippen molar-refractivity contribution < 1.29 is 18.7 Å². The van der Waals surface area contributed by atoms with Gasteiger partial charge in [-0.25, -0.2) is 0 Å². The van der Waals surface area contributed by atoms with Gasteiger partial charge in [-0.15, -0.1) is 0 Å². The molecule has 0 aliphatic heterocycles. The molecule has 1 unspecified atom stereocenters. The summed E-state index contributed by atoms with van der Waals surface area (Å²) in [4.78, 5) is 14.0. The molecule has 1 N–H and O–H groups in total. The Balaban J connectivity index is 1.78. The number of ether oxygens (including phenoxy) is 2. The monoisotopic (exact) mass is 332 g/mol. The van der Waals surface area contributed by atoms with Gasteiger partial charge in [0, 0.05) is 6.54 Å². The van der Waals surface area contributed by atoms with Gasteiger partial charge in [-0.05, 0) is 57.4 Å². The number of likely N-dealkylation sites (N-methyl/N-ethyl adjacent to an activating group) is 1. The van der Waals surface area contributed by atoms with Crippen molar-refractivity contribution in [1.29, 1.82) is 0 Å². The van der Waals surface area contributed by atoms with Gasteiger partial charge in [0.25, 0.3) is 5.91 Å². The van der Waals surface area contributed by atoms with Crippen molar-refractivity contribution >= 4 is 5.91 Å². The second-order valence-corrected chi connectivity index (χ2v) is 5.49. The molecule has 2 rings (SSSR count). The van der Waals surface area contributed by atoms with Crippen LogP contribution in [0.3, 0.4) is 0 Å². The van der Waals surface area contributed by atoms with Gasteiger partial charge in [0.05, 0.1) is 18.9 Å². The summed E-state index contributed by atoms with van der Waals surface area (Å²) in [5.41, 5.74) is 0. The van der Waals surface area contributed by atoms with Crippen LogP contribution < -0.4 is 14.8 Å². The molecule has 0 spiro atoms. The number of amides is 1. The highest BCUT2D eigenvalue weighted by atomic mass is 16.5. The molecule has 1 aromatic heterocycles. The van der Waals surface area contributed by atoms with Crippen LogP contribution in [0.1, 0.15) is 18.7 Å². The Morgan fingerprint density at radius 3 is 2.38 bits per heavy atom. The fourth-order valence-electron chi connectivity index (χ4n) is 2.23. The molecule has 0 aliphatic rings. The van der Waals surface area contributed by atoms with Gasteiger partial charge in [-0.1, -0.05) is 0 Å². The highest BCUT2D eigenvalue weighted by Crippen LogP contribution is 2.18. The maximum absolute atomic E-state index is 12.0. The first-order valence-electron chi connectivity index (χ1n) is 7.92. The summed E-state index contributed by atoms with van der Waals surface area (Å²) in [6, 6.07) is 10.9. The van der Waals surface area contributed by atoms with Gasteiger partial charge in [0.15, 0.2) is 6.61 Å². The van der Waals surface area contributed by atoms with Crippen LogP contribution >= 0.6 is 0 Å². The molecule has 1 atom stereocenters. The second-order valence-electron chi connectivity index (χ2n) is 5.49. The number of carbonyl (C=O) groups excluding carboxylic acids is 1. The first kappa shape index (κ1) is 17.9. The molecule has 0 saturated carbocycles. The highest BCUT2D eigenvalue weighted by Gasteiger charge is 2.17. The zero-order valence-corrected chi connectivity index (χ0v) is 14.3. The Morgan fingerprint density at radius 2 is 1.83 bits per heavy atom. The highest BCUT2D eigenvalue weighted by molar-refractivity contribution is 5.77. The topological polar surface area (TPSA) is 63.9 Å². The molecule has 0 aliphatic carbocycles. The molecule has 6 heteroatoms. The van der Waals surface area contributed by atoms with Gasteiger partial charge < -0.3 is 19.2 Å². The predicted molar refractivity (Wildman–Crippen MR) is 91.3 cm³/mol. The number of furan rings is 1. The van der Waals surface area contributed by atoms with E-state index in [0.29, 0.717) is 18.9 Å². The zero-order valence-electron chi connectivity index (χ0n) is 14.3. The first-order valence-corrected chi connectivity index (χ1v) is 7.92. The molecule has 0 fully saturated rings. The minimum Gasteiger partial charge on any atom is -0.494 e. The van der Waals surface area contributed by atoms with Crippen LogP contribution in [0.25, 0.3) is 0 Å². The maximum atomic E-state index is 12.0. The molecule has 1 aromatic carbocycles. The predicted octanol–water partition coefficient (Wildman–Crippen LogP) is 2.48. The average molecular weight is 332 g/mol. The summed E-state index contributed by atoms with van der Waals surface area (Å²) in [5, 5.41) is 2.86. The third-order valence-electron chi connectivity index (χ3n) is 3.49. The summed E-state index contributed by atoms with van der Waals surface area (Å²) in [7, 11) is 3.88. The Kier molecular flexibility index (Phi) is 6.69. The number of hydrogen-bond acceptors (Lipinski definition) is 5. The van der Waals surface area contributed by atoms with Crippen molar-refractivity contribution in [1.82, 2.24) is 10.2 Å². The molecule has 0 bridgehead atoms. The number of carbonyl (C=O) groups is 1. The van der Waals surface area contributed by atoms with Crippen LogP contribution in [0.5, 0.6) is 11.5 Å². The number of nitrogens with zero attached hydrogens (tertiary/aromatic N) is 1. The largest absolute Gasteiger partial charge is 0.494 e. The van der Waals surface area contributed by atoms with Crippen molar-refractivity contribution in [2.45, 2.75) is 13.0 Å². The van der Waals surface area contributed by atoms with Crippen molar-refractivity contribution in [3.8, 4) is 11.5 Å². The summed E-state index contributed by atoms with van der Waals surface area (Å²) in [6.07, 6.45) is 1.63. The fraction of sp³-hybridized carbons (Fsp3) is 0.389. The van der Waals surface area contributed by atoms with Crippen LogP contribution in [0.15, 0.2) is 47.1 Å². The SMILES string of the molecule is CCOc1ccc(OCC(=O)NCC(c2ccco2)N(C)C)cc1. The van der Waals surface area contributed by atoms with Crippen LogP contribution in [0, 0.1) is 0 Å².